The third-order valence-electron chi connectivity index (χ3n) is 2.24. The molecular formula is C14H26N2O5. The van der Waals surface area contributed by atoms with E-state index in [0.717, 1.165) is 0 Å². The van der Waals surface area contributed by atoms with Gasteiger partial charge in [-0.25, -0.2) is 0 Å². The Morgan fingerprint density at radius 3 is 1.86 bits per heavy atom. The monoisotopic (exact) mass is 302 g/mol. The van der Waals surface area contributed by atoms with Crippen molar-refractivity contribution in [3.63, 3.8) is 0 Å². The molecule has 3 N–H and O–H groups in total. The van der Waals surface area contributed by atoms with Gasteiger partial charge in [0.05, 0.1) is 59.4 Å². The second kappa shape index (κ2) is 16.9. The molecule has 0 aliphatic carbocycles. The van der Waals surface area contributed by atoms with Crippen LogP contribution in [0.15, 0.2) is 0 Å². The molecular weight excluding hydrogens is 276 g/mol. The Morgan fingerprint density at radius 1 is 0.905 bits per heavy atom. The van der Waals surface area contributed by atoms with Gasteiger partial charge in [0, 0.05) is 13.0 Å². The highest BCUT2D eigenvalue weighted by atomic mass is 16.6. The molecule has 7 nitrogen and oxygen atoms in total. The van der Waals surface area contributed by atoms with Gasteiger partial charge in [0.1, 0.15) is 0 Å². The standard InChI is InChI=1S/C14H26N2O5/c1-2-5-16-14(17)3-6-18-8-10-20-12-13-21-11-9-19-7-4-15/h1H,3-13,15H2,(H,16,17). The number of terminal acetylenes is 1. The average molecular weight is 302 g/mol. The number of hydrogen-bond acceptors (Lipinski definition) is 6. The third-order valence-corrected chi connectivity index (χ3v) is 2.24. The van der Waals surface area contributed by atoms with Gasteiger partial charge < -0.3 is 30.0 Å². The average Bonchev–Trinajstić information content (AvgIpc) is 2.49. The van der Waals surface area contributed by atoms with Gasteiger partial charge in [-0.15, -0.1) is 6.42 Å². The van der Waals surface area contributed by atoms with Gasteiger partial charge in [-0.1, -0.05) is 5.92 Å². The lowest BCUT2D eigenvalue weighted by Gasteiger charge is -2.07. The highest BCUT2D eigenvalue weighted by Crippen LogP contribution is 1.85. The molecule has 0 unspecified atom stereocenters. The second-order valence-electron chi connectivity index (χ2n) is 3.97. The summed E-state index contributed by atoms with van der Waals surface area (Å²) in [6.07, 6.45) is 5.32. The number of carbonyl (C=O) groups is 1. The van der Waals surface area contributed by atoms with Gasteiger partial charge in [0.2, 0.25) is 5.91 Å². The number of ether oxygens (including phenoxy) is 4. The Labute approximate surface area is 126 Å². The van der Waals surface area contributed by atoms with Crippen molar-refractivity contribution in [3.05, 3.63) is 0 Å². The van der Waals surface area contributed by atoms with Gasteiger partial charge in [-0.3, -0.25) is 4.79 Å². The van der Waals surface area contributed by atoms with E-state index < -0.39 is 0 Å². The molecule has 0 aromatic heterocycles. The zero-order valence-corrected chi connectivity index (χ0v) is 12.5. The minimum Gasteiger partial charge on any atom is -0.379 e. The second-order valence-corrected chi connectivity index (χ2v) is 3.97. The zero-order valence-electron chi connectivity index (χ0n) is 12.5. The van der Waals surface area contributed by atoms with E-state index in [1.165, 1.54) is 0 Å². The maximum atomic E-state index is 11.2. The Hall–Kier alpha value is -1.17. The van der Waals surface area contributed by atoms with Crippen molar-refractivity contribution < 1.29 is 23.7 Å². The molecule has 0 saturated carbocycles. The van der Waals surface area contributed by atoms with E-state index in [9.17, 15) is 4.79 Å². The molecule has 0 aliphatic rings. The number of amides is 1. The van der Waals surface area contributed by atoms with Crippen LogP contribution in [0.1, 0.15) is 6.42 Å². The van der Waals surface area contributed by atoms with Crippen LogP contribution in [0.3, 0.4) is 0 Å². The van der Waals surface area contributed by atoms with Crippen LogP contribution in [-0.4, -0.2) is 71.9 Å². The van der Waals surface area contributed by atoms with Crippen LogP contribution in [0.4, 0.5) is 0 Å². The Morgan fingerprint density at radius 2 is 1.38 bits per heavy atom. The summed E-state index contributed by atoms with van der Waals surface area (Å²) in [5, 5.41) is 2.56. The van der Waals surface area contributed by atoms with E-state index in [1.807, 2.05) is 0 Å². The summed E-state index contributed by atoms with van der Waals surface area (Å²) in [5.41, 5.74) is 5.27. The van der Waals surface area contributed by atoms with E-state index in [1.54, 1.807) is 0 Å². The first-order valence-electron chi connectivity index (χ1n) is 7.02. The normalized spacial score (nSPS) is 10.3. The third kappa shape index (κ3) is 16.8. The van der Waals surface area contributed by atoms with Crippen LogP contribution in [0.5, 0.6) is 0 Å². The van der Waals surface area contributed by atoms with Crippen LogP contribution in [0.25, 0.3) is 0 Å². The van der Waals surface area contributed by atoms with Gasteiger partial charge in [0.15, 0.2) is 0 Å². The van der Waals surface area contributed by atoms with Crippen LogP contribution in [0, 0.1) is 12.3 Å². The van der Waals surface area contributed by atoms with E-state index >= 15 is 0 Å². The highest BCUT2D eigenvalue weighted by molar-refractivity contribution is 5.76. The largest absolute Gasteiger partial charge is 0.379 e. The predicted molar refractivity (Wildman–Crippen MR) is 78.8 cm³/mol. The topological polar surface area (TPSA) is 92.0 Å². The first-order valence-corrected chi connectivity index (χ1v) is 7.02. The fraction of sp³-hybridized carbons (Fsp3) is 0.786. The van der Waals surface area contributed by atoms with Crippen molar-refractivity contribution >= 4 is 5.91 Å². The molecule has 0 rings (SSSR count). The Balaban J connectivity index is 3.06. The molecule has 0 aliphatic heterocycles. The van der Waals surface area contributed by atoms with Crippen LogP contribution in [0.2, 0.25) is 0 Å². The van der Waals surface area contributed by atoms with Crippen molar-refractivity contribution in [1.29, 1.82) is 0 Å². The summed E-state index contributed by atoms with van der Waals surface area (Å²) >= 11 is 0. The predicted octanol–water partition coefficient (Wildman–Crippen LogP) is -0.849. The molecule has 0 atom stereocenters. The van der Waals surface area contributed by atoms with Gasteiger partial charge >= 0.3 is 0 Å². The van der Waals surface area contributed by atoms with Gasteiger partial charge in [0.25, 0.3) is 0 Å². The van der Waals surface area contributed by atoms with E-state index in [4.69, 9.17) is 31.1 Å². The number of hydrogen-bond donors (Lipinski definition) is 2. The number of rotatable bonds is 15. The highest BCUT2D eigenvalue weighted by Gasteiger charge is 1.99. The minimum absolute atomic E-state index is 0.112. The van der Waals surface area contributed by atoms with Crippen molar-refractivity contribution in [2.75, 3.05) is 65.9 Å². The molecule has 0 spiro atoms. The molecule has 0 heterocycles. The van der Waals surface area contributed by atoms with Crippen molar-refractivity contribution in [1.82, 2.24) is 5.32 Å². The number of nitrogens with one attached hydrogen (secondary N) is 1. The fourth-order valence-corrected chi connectivity index (χ4v) is 1.25. The first kappa shape index (κ1) is 19.8. The van der Waals surface area contributed by atoms with Gasteiger partial charge in [-0.2, -0.15) is 0 Å². The van der Waals surface area contributed by atoms with Crippen LogP contribution in [-0.2, 0) is 23.7 Å². The van der Waals surface area contributed by atoms with E-state index in [2.05, 4.69) is 11.2 Å². The number of carbonyl (C=O) groups excluding carboxylic acids is 1. The molecule has 0 bridgehead atoms. The molecule has 21 heavy (non-hydrogen) atoms. The fourth-order valence-electron chi connectivity index (χ4n) is 1.25. The first-order chi connectivity index (χ1) is 10.3. The molecule has 1 amide bonds. The summed E-state index contributed by atoms with van der Waals surface area (Å²) in [7, 11) is 0. The quantitative estimate of drug-likeness (QED) is 0.302. The number of nitrogens with two attached hydrogens (primary N) is 1. The van der Waals surface area contributed by atoms with Crippen LogP contribution < -0.4 is 11.1 Å². The SMILES string of the molecule is C#CCNC(=O)CCOCCOCCOCCOCCN. The smallest absolute Gasteiger partial charge is 0.223 e. The maximum absolute atomic E-state index is 11.2. The lowest BCUT2D eigenvalue weighted by atomic mass is 10.4. The lowest BCUT2D eigenvalue weighted by Crippen LogP contribution is -2.24. The molecule has 122 valence electrons. The summed E-state index contributed by atoms with van der Waals surface area (Å²) in [6.45, 7) is 4.69. The van der Waals surface area contributed by atoms with E-state index in [-0.39, 0.29) is 12.5 Å². The molecule has 0 radical (unpaired) electrons. The summed E-state index contributed by atoms with van der Waals surface area (Å²) < 4.78 is 21.0. The van der Waals surface area contributed by atoms with Crippen molar-refractivity contribution in [2.45, 2.75) is 6.42 Å². The maximum Gasteiger partial charge on any atom is 0.223 e. The van der Waals surface area contributed by atoms with Crippen molar-refractivity contribution in [2.24, 2.45) is 5.73 Å². The molecule has 0 aromatic carbocycles. The van der Waals surface area contributed by atoms with E-state index in [0.29, 0.717) is 65.8 Å². The molecule has 0 saturated heterocycles. The Kier molecular flexibility index (Phi) is 15.9. The lowest BCUT2D eigenvalue weighted by molar-refractivity contribution is -0.122. The summed E-state index contributed by atoms with van der Waals surface area (Å²) in [5.74, 6) is 2.22. The van der Waals surface area contributed by atoms with Gasteiger partial charge in [-0.05, 0) is 0 Å². The zero-order chi connectivity index (χ0) is 15.6. The summed E-state index contributed by atoms with van der Waals surface area (Å²) in [6, 6.07) is 0. The molecule has 0 fully saturated rings. The Bertz CT molecular complexity index is 281. The van der Waals surface area contributed by atoms with Crippen molar-refractivity contribution in [3.8, 4) is 12.3 Å². The minimum atomic E-state index is -0.112. The van der Waals surface area contributed by atoms with Crippen LogP contribution >= 0.6 is 0 Å². The molecule has 7 heteroatoms. The molecule has 0 aromatic rings. The summed E-state index contributed by atoms with van der Waals surface area (Å²) in [4.78, 5) is 11.2.